The summed E-state index contributed by atoms with van der Waals surface area (Å²) in [4.78, 5) is 6.62. The van der Waals surface area contributed by atoms with Crippen LogP contribution in [0.3, 0.4) is 0 Å². The number of rotatable bonds is 7. The molecule has 0 aromatic carbocycles. The van der Waals surface area contributed by atoms with Crippen LogP contribution in [0, 0.1) is 0 Å². The van der Waals surface area contributed by atoms with E-state index in [1.165, 1.54) is 25.7 Å². The minimum absolute atomic E-state index is 0. The summed E-state index contributed by atoms with van der Waals surface area (Å²) in [7, 11) is 0. The zero-order valence-corrected chi connectivity index (χ0v) is 17.8. The van der Waals surface area contributed by atoms with Gasteiger partial charge in [0.1, 0.15) is 0 Å². The predicted octanol–water partition coefficient (Wildman–Crippen LogP) is 5.06. The van der Waals surface area contributed by atoms with Crippen LogP contribution in [0.4, 0.5) is 0 Å². The molecule has 5 heteroatoms. The highest BCUT2D eigenvalue weighted by molar-refractivity contribution is 8.93. The van der Waals surface area contributed by atoms with E-state index < -0.39 is 0 Å². The second kappa shape index (κ2) is 24.3. The summed E-state index contributed by atoms with van der Waals surface area (Å²) in [6.45, 7) is 16.7. The van der Waals surface area contributed by atoms with Gasteiger partial charge in [-0.25, -0.2) is 0 Å². The van der Waals surface area contributed by atoms with E-state index >= 15 is 0 Å². The van der Waals surface area contributed by atoms with Crippen LogP contribution in [0.1, 0.15) is 67.2 Å². The molecule has 0 aliphatic carbocycles. The molecule has 0 amide bonds. The third-order valence-corrected chi connectivity index (χ3v) is 2.66. The smallest absolute Gasteiger partial charge is 0.193 e. The molecule has 0 aromatic rings. The summed E-state index contributed by atoms with van der Waals surface area (Å²) in [6.07, 6.45) is 5.54. The lowest BCUT2D eigenvalue weighted by Gasteiger charge is -2.23. The summed E-state index contributed by atoms with van der Waals surface area (Å²) >= 11 is 0. The minimum atomic E-state index is 0. The second-order valence-corrected chi connectivity index (χ2v) is 4.21. The Bertz CT molecular complexity index is 180. The summed E-state index contributed by atoms with van der Waals surface area (Å²) in [6, 6.07) is 0. The molecule has 1 N–H and O–H groups in total. The number of halogens is 2. The second-order valence-electron chi connectivity index (χ2n) is 4.21. The van der Waals surface area contributed by atoms with Crippen molar-refractivity contribution in [3.8, 4) is 0 Å². The van der Waals surface area contributed by atoms with E-state index in [1.54, 1.807) is 0 Å². The standard InChI is InChI=1S/C9H21N3.C6H14.2BrH/c1-5-10-9(11-6-2)12(7-3)8-4;1-3-5-6-4-2;;/h5-8H2,1-4H3,(H,10,11);3-6H2,1-2H3;2*1H. The zero-order valence-electron chi connectivity index (χ0n) is 14.4. The quantitative estimate of drug-likeness (QED) is 0.355. The largest absolute Gasteiger partial charge is 0.357 e. The van der Waals surface area contributed by atoms with Gasteiger partial charge in [0.15, 0.2) is 5.96 Å². The normalized spacial score (nSPS) is 9.60. The van der Waals surface area contributed by atoms with Gasteiger partial charge in [0.2, 0.25) is 0 Å². The maximum Gasteiger partial charge on any atom is 0.193 e. The molecular formula is C15H37Br2N3. The van der Waals surface area contributed by atoms with Crippen LogP contribution >= 0.6 is 34.0 Å². The van der Waals surface area contributed by atoms with Crippen molar-refractivity contribution < 1.29 is 0 Å². The Kier molecular flexibility index (Phi) is 34.5. The molecule has 0 unspecified atom stereocenters. The average molecular weight is 419 g/mol. The van der Waals surface area contributed by atoms with Crippen molar-refractivity contribution in [2.45, 2.75) is 67.2 Å². The topological polar surface area (TPSA) is 27.6 Å². The first kappa shape index (κ1) is 28.4. The van der Waals surface area contributed by atoms with E-state index in [4.69, 9.17) is 0 Å². The van der Waals surface area contributed by atoms with Crippen LogP contribution in [0.15, 0.2) is 4.99 Å². The fraction of sp³-hybridized carbons (Fsp3) is 0.933. The molecule has 0 saturated heterocycles. The molecular weight excluding hydrogens is 382 g/mol. The van der Waals surface area contributed by atoms with E-state index in [0.717, 1.165) is 32.1 Å². The van der Waals surface area contributed by atoms with Crippen LogP contribution in [-0.4, -0.2) is 37.0 Å². The number of nitrogens with zero attached hydrogens (tertiary/aromatic N) is 2. The van der Waals surface area contributed by atoms with Crippen LogP contribution in [0.25, 0.3) is 0 Å². The van der Waals surface area contributed by atoms with Gasteiger partial charge in [-0.15, -0.1) is 34.0 Å². The fourth-order valence-electron chi connectivity index (χ4n) is 1.60. The molecule has 0 spiro atoms. The van der Waals surface area contributed by atoms with Gasteiger partial charge in [-0.1, -0.05) is 39.5 Å². The number of unbranched alkanes of at least 4 members (excludes halogenated alkanes) is 3. The van der Waals surface area contributed by atoms with E-state index in [2.05, 4.69) is 56.8 Å². The Balaban J connectivity index is -0.000000139. The van der Waals surface area contributed by atoms with Crippen molar-refractivity contribution in [1.82, 2.24) is 10.2 Å². The van der Waals surface area contributed by atoms with E-state index in [-0.39, 0.29) is 34.0 Å². The monoisotopic (exact) mass is 417 g/mol. The molecule has 0 bridgehead atoms. The SMILES string of the molecule is Br.Br.CCCCCC.CCN=C(NCC)N(CC)CC. The van der Waals surface area contributed by atoms with Crippen molar-refractivity contribution in [2.75, 3.05) is 26.2 Å². The first-order chi connectivity index (χ1) is 8.71. The number of hydrogen-bond acceptors (Lipinski definition) is 1. The van der Waals surface area contributed by atoms with Gasteiger partial charge >= 0.3 is 0 Å². The molecule has 0 aromatic heterocycles. The summed E-state index contributed by atoms with van der Waals surface area (Å²) in [5.74, 6) is 1.03. The number of guanidine groups is 1. The van der Waals surface area contributed by atoms with Crippen LogP contribution in [0.5, 0.6) is 0 Å². The van der Waals surface area contributed by atoms with Gasteiger partial charge in [-0.2, -0.15) is 0 Å². The molecule has 0 atom stereocenters. The Morgan fingerprint density at radius 3 is 1.55 bits per heavy atom. The molecule has 126 valence electrons. The van der Waals surface area contributed by atoms with Crippen molar-refractivity contribution >= 4 is 39.9 Å². The van der Waals surface area contributed by atoms with Gasteiger partial charge in [0.25, 0.3) is 0 Å². The highest BCUT2D eigenvalue weighted by Crippen LogP contribution is 1.95. The molecule has 3 nitrogen and oxygen atoms in total. The van der Waals surface area contributed by atoms with E-state index in [9.17, 15) is 0 Å². The molecule has 0 saturated carbocycles. The van der Waals surface area contributed by atoms with Crippen molar-refractivity contribution in [2.24, 2.45) is 4.99 Å². The Hall–Kier alpha value is 0.230. The minimum Gasteiger partial charge on any atom is -0.357 e. The van der Waals surface area contributed by atoms with E-state index in [0.29, 0.717) is 0 Å². The predicted molar refractivity (Wildman–Crippen MR) is 105 cm³/mol. The van der Waals surface area contributed by atoms with Gasteiger partial charge in [0, 0.05) is 26.2 Å². The fourth-order valence-corrected chi connectivity index (χ4v) is 1.60. The third-order valence-electron chi connectivity index (χ3n) is 2.66. The Labute approximate surface area is 148 Å². The number of hydrogen-bond donors (Lipinski definition) is 1. The molecule has 0 aliphatic heterocycles. The van der Waals surface area contributed by atoms with Gasteiger partial charge in [0.05, 0.1) is 0 Å². The molecule has 0 radical (unpaired) electrons. The average Bonchev–Trinajstić information content (AvgIpc) is 2.39. The van der Waals surface area contributed by atoms with Crippen molar-refractivity contribution in [1.29, 1.82) is 0 Å². The van der Waals surface area contributed by atoms with Crippen molar-refractivity contribution in [3.05, 3.63) is 0 Å². The lowest BCUT2D eigenvalue weighted by Crippen LogP contribution is -2.41. The van der Waals surface area contributed by atoms with E-state index in [1.807, 2.05) is 0 Å². The van der Waals surface area contributed by atoms with Gasteiger partial charge < -0.3 is 10.2 Å². The number of nitrogens with one attached hydrogen (secondary N) is 1. The molecule has 20 heavy (non-hydrogen) atoms. The van der Waals surface area contributed by atoms with Crippen LogP contribution in [0.2, 0.25) is 0 Å². The lowest BCUT2D eigenvalue weighted by atomic mass is 10.2. The van der Waals surface area contributed by atoms with Gasteiger partial charge in [-0.3, -0.25) is 4.99 Å². The maximum absolute atomic E-state index is 4.39. The Morgan fingerprint density at radius 1 is 0.850 bits per heavy atom. The summed E-state index contributed by atoms with van der Waals surface area (Å²) < 4.78 is 0. The molecule has 0 heterocycles. The highest BCUT2D eigenvalue weighted by atomic mass is 79.9. The van der Waals surface area contributed by atoms with Crippen LogP contribution < -0.4 is 5.32 Å². The first-order valence-corrected chi connectivity index (χ1v) is 7.74. The summed E-state index contributed by atoms with van der Waals surface area (Å²) in [5, 5.41) is 3.26. The van der Waals surface area contributed by atoms with Crippen LogP contribution in [-0.2, 0) is 0 Å². The highest BCUT2D eigenvalue weighted by Gasteiger charge is 2.03. The third kappa shape index (κ3) is 18.2. The first-order valence-electron chi connectivity index (χ1n) is 7.74. The molecule has 0 rings (SSSR count). The lowest BCUT2D eigenvalue weighted by molar-refractivity contribution is 0.446. The van der Waals surface area contributed by atoms with Gasteiger partial charge in [-0.05, 0) is 27.7 Å². The summed E-state index contributed by atoms with van der Waals surface area (Å²) in [5.41, 5.74) is 0. The maximum atomic E-state index is 4.39. The molecule has 0 aliphatic rings. The Morgan fingerprint density at radius 2 is 1.30 bits per heavy atom. The number of aliphatic imine (C=N–C) groups is 1. The van der Waals surface area contributed by atoms with Crippen molar-refractivity contribution in [3.63, 3.8) is 0 Å². The molecule has 0 fully saturated rings. The zero-order chi connectivity index (χ0) is 14.2.